The maximum absolute atomic E-state index is 11.9. The van der Waals surface area contributed by atoms with Crippen molar-refractivity contribution in [2.45, 2.75) is 49.5 Å². The first-order chi connectivity index (χ1) is 22.7. The van der Waals surface area contributed by atoms with Gasteiger partial charge in [-0.15, -0.1) is 0 Å². The summed E-state index contributed by atoms with van der Waals surface area (Å²) in [5.41, 5.74) is 3.89. The minimum absolute atomic E-state index is 0.0519. The molecule has 236 valence electrons. The lowest BCUT2D eigenvalue weighted by Gasteiger charge is -2.45. The van der Waals surface area contributed by atoms with E-state index in [2.05, 4.69) is 36.4 Å². The number of hydrogen-bond acceptors (Lipinski definition) is 6. The Kier molecular flexibility index (Phi) is 10.7. The number of aliphatic hydroxyl groups excluding tert-OH is 1. The SMILES string of the molecule is CO[C@H]1O[C@H](COC(c2ccccc2)(c2ccccc2)c2ccccc2)[C@@H](O)[C@@H](OCc2ccccc2)[C@H]1OCc1ccccc1. The summed E-state index contributed by atoms with van der Waals surface area (Å²) in [5, 5.41) is 11.9. The molecule has 46 heavy (non-hydrogen) atoms. The van der Waals surface area contributed by atoms with E-state index in [0.29, 0.717) is 13.2 Å². The van der Waals surface area contributed by atoms with Gasteiger partial charge in [0.25, 0.3) is 0 Å². The number of methoxy groups -OCH3 is 1. The van der Waals surface area contributed by atoms with Gasteiger partial charge in [0, 0.05) is 7.11 Å². The third-order valence-electron chi connectivity index (χ3n) is 8.43. The second kappa shape index (κ2) is 15.4. The fourth-order valence-corrected chi connectivity index (χ4v) is 6.09. The van der Waals surface area contributed by atoms with Crippen LogP contribution in [0.5, 0.6) is 0 Å². The van der Waals surface area contributed by atoms with Gasteiger partial charge in [0.15, 0.2) is 6.29 Å². The molecule has 0 aliphatic carbocycles. The van der Waals surface area contributed by atoms with Crippen LogP contribution in [0.4, 0.5) is 0 Å². The topological polar surface area (TPSA) is 66.4 Å². The van der Waals surface area contributed by atoms with E-state index in [1.54, 1.807) is 7.11 Å². The summed E-state index contributed by atoms with van der Waals surface area (Å²) >= 11 is 0. The van der Waals surface area contributed by atoms with E-state index in [1.165, 1.54) is 0 Å². The fourth-order valence-electron chi connectivity index (χ4n) is 6.09. The van der Waals surface area contributed by atoms with Crippen molar-refractivity contribution in [3.05, 3.63) is 179 Å². The Hall–Kier alpha value is -4.14. The number of ether oxygens (including phenoxy) is 5. The number of aliphatic hydroxyl groups is 1. The molecular weight excluding hydrogens is 576 g/mol. The smallest absolute Gasteiger partial charge is 0.186 e. The van der Waals surface area contributed by atoms with Crippen LogP contribution in [-0.2, 0) is 42.5 Å². The summed E-state index contributed by atoms with van der Waals surface area (Å²) < 4.78 is 32.1. The maximum Gasteiger partial charge on any atom is 0.186 e. The van der Waals surface area contributed by atoms with Gasteiger partial charge in [-0.05, 0) is 27.8 Å². The van der Waals surface area contributed by atoms with Crippen LogP contribution in [0.3, 0.4) is 0 Å². The van der Waals surface area contributed by atoms with Crippen LogP contribution in [0.2, 0.25) is 0 Å². The van der Waals surface area contributed by atoms with Gasteiger partial charge in [0.05, 0.1) is 19.8 Å². The molecule has 6 rings (SSSR count). The molecule has 5 aromatic carbocycles. The van der Waals surface area contributed by atoms with Gasteiger partial charge in [0.2, 0.25) is 0 Å². The van der Waals surface area contributed by atoms with Crippen molar-refractivity contribution in [2.75, 3.05) is 13.7 Å². The van der Waals surface area contributed by atoms with Gasteiger partial charge < -0.3 is 28.8 Å². The summed E-state index contributed by atoms with van der Waals surface area (Å²) in [6.45, 7) is 0.656. The summed E-state index contributed by atoms with van der Waals surface area (Å²) in [6.07, 6.45) is -4.10. The number of benzene rings is 5. The first-order valence-electron chi connectivity index (χ1n) is 15.7. The molecule has 1 saturated heterocycles. The van der Waals surface area contributed by atoms with Crippen molar-refractivity contribution in [3.8, 4) is 0 Å². The number of rotatable bonds is 13. The third kappa shape index (κ3) is 7.13. The maximum atomic E-state index is 11.9. The van der Waals surface area contributed by atoms with E-state index in [9.17, 15) is 5.11 Å². The molecule has 0 radical (unpaired) electrons. The van der Waals surface area contributed by atoms with Gasteiger partial charge in [-0.2, -0.15) is 0 Å². The summed E-state index contributed by atoms with van der Waals surface area (Å²) in [5.74, 6) is 0. The van der Waals surface area contributed by atoms with Gasteiger partial charge in [-0.25, -0.2) is 0 Å². The van der Waals surface area contributed by atoms with Crippen LogP contribution >= 0.6 is 0 Å². The van der Waals surface area contributed by atoms with E-state index in [-0.39, 0.29) is 6.61 Å². The largest absolute Gasteiger partial charge is 0.387 e. The van der Waals surface area contributed by atoms with Crippen LogP contribution < -0.4 is 0 Å². The molecule has 0 aromatic heterocycles. The second-order valence-corrected chi connectivity index (χ2v) is 11.4. The molecule has 0 amide bonds. The molecule has 5 atom stereocenters. The van der Waals surface area contributed by atoms with Crippen molar-refractivity contribution in [2.24, 2.45) is 0 Å². The average molecular weight is 617 g/mol. The van der Waals surface area contributed by atoms with Crippen molar-refractivity contribution >= 4 is 0 Å². The molecule has 6 heteroatoms. The molecule has 1 N–H and O–H groups in total. The molecule has 6 nitrogen and oxygen atoms in total. The van der Waals surface area contributed by atoms with Gasteiger partial charge >= 0.3 is 0 Å². The molecule has 0 spiro atoms. The standard InChI is InChI=1S/C40H40O6/c1-42-39-38(44-28-31-19-9-3-10-20-31)37(43-27-30-17-7-2-8-18-30)36(41)35(46-39)29-45-40(32-21-11-4-12-22-32,33-23-13-5-14-24-33)34-25-15-6-16-26-34/h2-26,35-39,41H,27-29H2,1H3/t35-,36-,37-,38-,39+/m1/s1. The Balaban J connectivity index is 1.31. The highest BCUT2D eigenvalue weighted by Crippen LogP contribution is 2.41. The first kappa shape index (κ1) is 31.8. The predicted molar refractivity (Wildman–Crippen MR) is 177 cm³/mol. The third-order valence-corrected chi connectivity index (χ3v) is 8.43. The lowest BCUT2D eigenvalue weighted by molar-refractivity contribution is -0.317. The van der Waals surface area contributed by atoms with E-state index in [4.69, 9.17) is 23.7 Å². The Morgan fingerprint density at radius 1 is 0.565 bits per heavy atom. The minimum atomic E-state index is -1.07. The van der Waals surface area contributed by atoms with Gasteiger partial charge in [-0.1, -0.05) is 152 Å². The lowest BCUT2D eigenvalue weighted by atomic mass is 9.80. The molecule has 1 aliphatic heterocycles. The zero-order valence-corrected chi connectivity index (χ0v) is 25.9. The van der Waals surface area contributed by atoms with Crippen molar-refractivity contribution in [3.63, 3.8) is 0 Å². The predicted octanol–water partition coefficient (Wildman–Crippen LogP) is 6.90. The summed E-state index contributed by atoms with van der Waals surface area (Å²) in [4.78, 5) is 0. The Morgan fingerprint density at radius 3 is 1.37 bits per heavy atom. The van der Waals surface area contributed by atoms with Crippen LogP contribution in [0.15, 0.2) is 152 Å². The summed E-state index contributed by atoms with van der Waals surface area (Å²) in [6, 6.07) is 50.2. The van der Waals surface area contributed by atoms with Crippen LogP contribution in [0, 0.1) is 0 Å². The lowest BCUT2D eigenvalue weighted by Crippen LogP contribution is -2.61. The monoisotopic (exact) mass is 616 g/mol. The minimum Gasteiger partial charge on any atom is -0.387 e. The number of hydrogen-bond donors (Lipinski definition) is 1. The average Bonchev–Trinajstić information content (AvgIpc) is 3.13. The van der Waals surface area contributed by atoms with Crippen molar-refractivity contribution in [1.82, 2.24) is 0 Å². The van der Waals surface area contributed by atoms with E-state index in [1.807, 2.05) is 115 Å². The molecule has 0 saturated carbocycles. The van der Waals surface area contributed by atoms with Crippen LogP contribution in [0.1, 0.15) is 27.8 Å². The van der Waals surface area contributed by atoms with Gasteiger partial charge in [-0.3, -0.25) is 0 Å². The van der Waals surface area contributed by atoms with E-state index < -0.39 is 36.3 Å². The first-order valence-corrected chi connectivity index (χ1v) is 15.7. The quantitative estimate of drug-likeness (QED) is 0.145. The summed E-state index contributed by atoms with van der Waals surface area (Å²) in [7, 11) is 1.58. The Morgan fingerprint density at radius 2 is 0.957 bits per heavy atom. The molecule has 1 fully saturated rings. The van der Waals surface area contributed by atoms with Gasteiger partial charge in [0.1, 0.15) is 30.0 Å². The molecule has 1 heterocycles. The van der Waals surface area contributed by atoms with E-state index >= 15 is 0 Å². The normalized spacial score (nSPS) is 21.6. The molecule has 1 aliphatic rings. The highest BCUT2D eigenvalue weighted by molar-refractivity contribution is 5.47. The molecular formula is C40H40O6. The van der Waals surface area contributed by atoms with Crippen molar-refractivity contribution in [1.29, 1.82) is 0 Å². The highest BCUT2D eigenvalue weighted by Gasteiger charge is 2.48. The fraction of sp³-hybridized carbons (Fsp3) is 0.250. The van der Waals surface area contributed by atoms with Crippen molar-refractivity contribution < 1.29 is 28.8 Å². The zero-order valence-electron chi connectivity index (χ0n) is 25.9. The molecule has 5 aromatic rings. The highest BCUT2D eigenvalue weighted by atomic mass is 16.7. The van der Waals surface area contributed by atoms with Crippen LogP contribution in [-0.4, -0.2) is 49.5 Å². The molecule has 0 unspecified atom stereocenters. The Bertz CT molecular complexity index is 1490. The van der Waals surface area contributed by atoms with E-state index in [0.717, 1.165) is 27.8 Å². The Labute approximate surface area is 271 Å². The molecule has 0 bridgehead atoms. The second-order valence-electron chi connectivity index (χ2n) is 11.4. The zero-order chi connectivity index (χ0) is 31.6. The van der Waals surface area contributed by atoms with Crippen LogP contribution in [0.25, 0.3) is 0 Å².